The lowest BCUT2D eigenvalue weighted by molar-refractivity contribution is -0.116. The van der Waals surface area contributed by atoms with E-state index in [0.717, 1.165) is 0 Å². The first-order valence-electron chi connectivity index (χ1n) is 7.56. The molecule has 0 spiro atoms. The van der Waals surface area contributed by atoms with Crippen LogP contribution in [0.25, 0.3) is 0 Å². The van der Waals surface area contributed by atoms with Crippen LogP contribution in [-0.2, 0) is 4.79 Å². The number of para-hydroxylation sites is 3. The fourth-order valence-electron chi connectivity index (χ4n) is 2.08. The van der Waals surface area contributed by atoms with Gasteiger partial charge in [0.05, 0.1) is 11.4 Å². The molecular formula is C18H21N3O2. The highest BCUT2D eigenvalue weighted by Crippen LogP contribution is 2.22. The molecule has 0 aliphatic rings. The maximum absolute atomic E-state index is 12.1. The number of hydrogen-bond acceptors (Lipinski definition) is 2. The van der Waals surface area contributed by atoms with Crippen molar-refractivity contribution in [2.75, 3.05) is 16.0 Å². The summed E-state index contributed by atoms with van der Waals surface area (Å²) in [6.07, 6.45) is 0.435. The van der Waals surface area contributed by atoms with Crippen LogP contribution in [-0.4, -0.2) is 11.9 Å². The van der Waals surface area contributed by atoms with Gasteiger partial charge in [-0.2, -0.15) is 0 Å². The molecule has 2 aromatic rings. The highest BCUT2D eigenvalue weighted by Gasteiger charge is 2.10. The smallest absolute Gasteiger partial charge is 0.323 e. The zero-order chi connectivity index (χ0) is 16.7. The molecule has 0 saturated heterocycles. The van der Waals surface area contributed by atoms with Gasteiger partial charge in [0.25, 0.3) is 0 Å². The number of carbonyl (C=O) groups is 2. The molecule has 0 fully saturated rings. The predicted octanol–water partition coefficient (Wildman–Crippen LogP) is 4.32. The third-order valence-corrected chi connectivity index (χ3v) is 3.07. The van der Waals surface area contributed by atoms with Crippen LogP contribution < -0.4 is 16.0 Å². The van der Waals surface area contributed by atoms with Gasteiger partial charge in [-0.3, -0.25) is 4.79 Å². The van der Waals surface area contributed by atoms with Gasteiger partial charge in [-0.1, -0.05) is 44.2 Å². The van der Waals surface area contributed by atoms with E-state index in [2.05, 4.69) is 16.0 Å². The molecule has 120 valence electrons. The molecule has 23 heavy (non-hydrogen) atoms. The summed E-state index contributed by atoms with van der Waals surface area (Å²) in [5.74, 6) is 0.203. The Hall–Kier alpha value is -2.82. The Labute approximate surface area is 136 Å². The Bertz CT molecular complexity index is 669. The zero-order valence-electron chi connectivity index (χ0n) is 13.3. The fourth-order valence-corrected chi connectivity index (χ4v) is 2.08. The van der Waals surface area contributed by atoms with Gasteiger partial charge in [0.2, 0.25) is 5.91 Å². The summed E-state index contributed by atoms with van der Waals surface area (Å²) >= 11 is 0. The monoisotopic (exact) mass is 311 g/mol. The molecule has 2 aromatic carbocycles. The second-order valence-electron chi connectivity index (χ2n) is 5.64. The molecule has 0 radical (unpaired) electrons. The van der Waals surface area contributed by atoms with Gasteiger partial charge in [-0.05, 0) is 30.2 Å². The summed E-state index contributed by atoms with van der Waals surface area (Å²) in [6, 6.07) is 15.9. The highest BCUT2D eigenvalue weighted by molar-refractivity contribution is 6.03. The van der Waals surface area contributed by atoms with Gasteiger partial charge >= 0.3 is 6.03 Å². The van der Waals surface area contributed by atoms with Crippen LogP contribution >= 0.6 is 0 Å². The first-order valence-corrected chi connectivity index (χ1v) is 7.56. The predicted molar refractivity (Wildman–Crippen MR) is 93.6 cm³/mol. The van der Waals surface area contributed by atoms with Crippen molar-refractivity contribution in [1.82, 2.24) is 0 Å². The molecule has 3 N–H and O–H groups in total. The summed E-state index contributed by atoms with van der Waals surface area (Å²) in [6.45, 7) is 3.97. The summed E-state index contributed by atoms with van der Waals surface area (Å²) in [5.41, 5.74) is 1.84. The lowest BCUT2D eigenvalue weighted by Gasteiger charge is -2.13. The van der Waals surface area contributed by atoms with Crippen molar-refractivity contribution in [3.63, 3.8) is 0 Å². The second-order valence-corrected chi connectivity index (χ2v) is 5.64. The van der Waals surface area contributed by atoms with Crippen molar-refractivity contribution >= 4 is 29.0 Å². The van der Waals surface area contributed by atoms with E-state index < -0.39 is 0 Å². The minimum atomic E-state index is -0.359. The number of nitrogens with one attached hydrogen (secondary N) is 3. The van der Waals surface area contributed by atoms with Crippen LogP contribution in [0.15, 0.2) is 54.6 Å². The van der Waals surface area contributed by atoms with Crippen molar-refractivity contribution in [3.8, 4) is 0 Å². The van der Waals surface area contributed by atoms with E-state index in [1.54, 1.807) is 30.3 Å². The van der Waals surface area contributed by atoms with Crippen LogP contribution in [0.2, 0.25) is 0 Å². The third kappa shape index (κ3) is 5.47. The van der Waals surface area contributed by atoms with Crippen molar-refractivity contribution in [1.29, 1.82) is 0 Å². The van der Waals surface area contributed by atoms with Gasteiger partial charge in [0, 0.05) is 12.1 Å². The van der Waals surface area contributed by atoms with Crippen molar-refractivity contribution in [2.45, 2.75) is 20.3 Å². The molecule has 0 aliphatic carbocycles. The number of urea groups is 1. The van der Waals surface area contributed by atoms with E-state index in [1.807, 2.05) is 38.1 Å². The van der Waals surface area contributed by atoms with Crippen LogP contribution in [0.1, 0.15) is 20.3 Å². The molecule has 0 heterocycles. The SMILES string of the molecule is CC(C)CC(=O)Nc1ccccc1NC(=O)Nc1ccccc1. The average molecular weight is 311 g/mol. The van der Waals surface area contributed by atoms with Crippen LogP contribution in [0, 0.1) is 5.92 Å². The Balaban J connectivity index is 2.02. The molecule has 0 aromatic heterocycles. The summed E-state index contributed by atoms with van der Waals surface area (Å²) in [4.78, 5) is 24.0. The molecule has 5 nitrogen and oxygen atoms in total. The molecule has 2 rings (SSSR count). The van der Waals surface area contributed by atoms with Crippen molar-refractivity contribution in [2.24, 2.45) is 5.92 Å². The second kappa shape index (κ2) is 7.98. The lowest BCUT2D eigenvalue weighted by Crippen LogP contribution is -2.21. The van der Waals surface area contributed by atoms with E-state index in [0.29, 0.717) is 23.5 Å². The first kappa shape index (κ1) is 16.5. The quantitative estimate of drug-likeness (QED) is 0.770. The molecule has 3 amide bonds. The van der Waals surface area contributed by atoms with E-state index in [1.165, 1.54) is 0 Å². The third-order valence-electron chi connectivity index (χ3n) is 3.07. The molecule has 0 aliphatic heterocycles. The average Bonchev–Trinajstić information content (AvgIpc) is 2.49. The Morgan fingerprint density at radius 2 is 1.39 bits per heavy atom. The topological polar surface area (TPSA) is 70.2 Å². The van der Waals surface area contributed by atoms with Crippen molar-refractivity contribution in [3.05, 3.63) is 54.6 Å². The van der Waals surface area contributed by atoms with E-state index in [9.17, 15) is 9.59 Å². The molecule has 0 saturated carbocycles. The maximum Gasteiger partial charge on any atom is 0.323 e. The van der Waals surface area contributed by atoms with E-state index >= 15 is 0 Å². The molecular weight excluding hydrogens is 290 g/mol. The zero-order valence-corrected chi connectivity index (χ0v) is 13.3. The Morgan fingerprint density at radius 1 is 0.826 bits per heavy atom. The van der Waals surface area contributed by atoms with Gasteiger partial charge < -0.3 is 16.0 Å². The molecule has 0 atom stereocenters. The Morgan fingerprint density at radius 3 is 2.00 bits per heavy atom. The van der Waals surface area contributed by atoms with E-state index in [-0.39, 0.29) is 17.9 Å². The Kier molecular flexibility index (Phi) is 5.74. The van der Waals surface area contributed by atoms with Crippen LogP contribution in [0.5, 0.6) is 0 Å². The molecule has 5 heteroatoms. The maximum atomic E-state index is 12.1. The number of amides is 3. The highest BCUT2D eigenvalue weighted by atomic mass is 16.2. The largest absolute Gasteiger partial charge is 0.324 e. The standard InChI is InChI=1S/C18H21N3O2/c1-13(2)12-17(22)20-15-10-6-7-11-16(15)21-18(23)19-14-8-4-3-5-9-14/h3-11,13H,12H2,1-2H3,(H,20,22)(H2,19,21,23). The number of benzene rings is 2. The van der Waals surface area contributed by atoms with Gasteiger partial charge in [-0.15, -0.1) is 0 Å². The van der Waals surface area contributed by atoms with Gasteiger partial charge in [0.1, 0.15) is 0 Å². The number of anilines is 3. The van der Waals surface area contributed by atoms with Gasteiger partial charge in [-0.25, -0.2) is 4.79 Å². The summed E-state index contributed by atoms with van der Waals surface area (Å²) in [5, 5.41) is 8.32. The minimum Gasteiger partial charge on any atom is -0.324 e. The number of rotatable bonds is 5. The first-order chi connectivity index (χ1) is 11.0. The van der Waals surface area contributed by atoms with Crippen LogP contribution in [0.4, 0.5) is 21.9 Å². The summed E-state index contributed by atoms with van der Waals surface area (Å²) < 4.78 is 0. The number of carbonyl (C=O) groups excluding carboxylic acids is 2. The fraction of sp³-hybridized carbons (Fsp3) is 0.222. The van der Waals surface area contributed by atoms with Crippen molar-refractivity contribution < 1.29 is 9.59 Å². The molecule has 0 unspecified atom stereocenters. The lowest BCUT2D eigenvalue weighted by atomic mass is 10.1. The summed E-state index contributed by atoms with van der Waals surface area (Å²) in [7, 11) is 0. The minimum absolute atomic E-state index is 0.0716. The van der Waals surface area contributed by atoms with E-state index in [4.69, 9.17) is 0 Å². The number of hydrogen-bond donors (Lipinski definition) is 3. The van der Waals surface area contributed by atoms with Gasteiger partial charge in [0.15, 0.2) is 0 Å². The van der Waals surface area contributed by atoms with Crippen LogP contribution in [0.3, 0.4) is 0 Å². The molecule has 0 bridgehead atoms. The normalized spacial score (nSPS) is 10.2.